The number of methoxy groups -OCH3 is 1. The molecule has 0 radical (unpaired) electrons. The van der Waals surface area contributed by atoms with E-state index in [0.717, 1.165) is 16.3 Å². The van der Waals surface area contributed by atoms with Gasteiger partial charge in [0.2, 0.25) is 0 Å². The minimum atomic E-state index is 0.733. The maximum absolute atomic E-state index is 5.89. The van der Waals surface area contributed by atoms with Crippen molar-refractivity contribution in [1.82, 2.24) is 0 Å². The van der Waals surface area contributed by atoms with Crippen molar-refractivity contribution in [3.05, 3.63) is 34.9 Å². The number of hydrogen-bond donors (Lipinski definition) is 0. The van der Waals surface area contributed by atoms with Gasteiger partial charge in [-0.3, -0.25) is 0 Å². The van der Waals surface area contributed by atoms with Gasteiger partial charge in [0, 0.05) is 10.6 Å². The molecule has 0 saturated heterocycles. The molecule has 0 heterocycles. The highest BCUT2D eigenvalue weighted by molar-refractivity contribution is 6.30. The highest BCUT2D eigenvalue weighted by atomic mass is 35.5. The Labute approximate surface area is 84.0 Å². The van der Waals surface area contributed by atoms with E-state index in [1.54, 1.807) is 7.11 Å². The third kappa shape index (κ3) is 2.25. The van der Waals surface area contributed by atoms with Crippen molar-refractivity contribution in [1.29, 1.82) is 0 Å². The number of halogens is 1. The van der Waals surface area contributed by atoms with E-state index < -0.39 is 0 Å². The summed E-state index contributed by atoms with van der Waals surface area (Å²) in [5, 5.41) is 0.733. The molecule has 0 aliphatic carbocycles. The van der Waals surface area contributed by atoms with Crippen LogP contribution in [0.4, 0.5) is 0 Å². The molecule has 0 spiro atoms. The van der Waals surface area contributed by atoms with Gasteiger partial charge in [0.05, 0.1) is 7.11 Å². The number of rotatable bonds is 2. The second-order valence-electron chi connectivity index (χ2n) is 2.82. The van der Waals surface area contributed by atoms with Gasteiger partial charge in [-0.05, 0) is 37.6 Å². The monoisotopic (exact) mass is 196 g/mol. The molecule has 0 unspecified atom stereocenters. The molecule has 0 amide bonds. The average molecular weight is 197 g/mol. The number of allylic oxidation sites excluding steroid dienone is 2. The first-order chi connectivity index (χ1) is 6.19. The predicted octanol–water partition coefficient (Wildman–Crippen LogP) is 3.77. The summed E-state index contributed by atoms with van der Waals surface area (Å²) >= 11 is 5.89. The summed E-state index contributed by atoms with van der Waals surface area (Å²) in [4.78, 5) is 0. The first-order valence-electron chi connectivity index (χ1n) is 4.16. The van der Waals surface area contributed by atoms with E-state index in [4.69, 9.17) is 16.3 Å². The predicted molar refractivity (Wildman–Crippen MR) is 57.3 cm³/mol. The van der Waals surface area contributed by atoms with Crippen molar-refractivity contribution >= 4 is 17.2 Å². The summed E-state index contributed by atoms with van der Waals surface area (Å²) in [5.41, 5.74) is 2.22. The van der Waals surface area contributed by atoms with Crippen LogP contribution < -0.4 is 4.74 Å². The maximum Gasteiger partial charge on any atom is 0.126 e. The molecule has 1 rings (SSSR count). The van der Waals surface area contributed by atoms with Crippen LogP contribution in [0.2, 0.25) is 5.02 Å². The Balaban J connectivity index is 3.23. The van der Waals surface area contributed by atoms with Gasteiger partial charge in [0.15, 0.2) is 0 Å². The zero-order valence-corrected chi connectivity index (χ0v) is 8.85. The van der Waals surface area contributed by atoms with Crippen molar-refractivity contribution in [3.8, 4) is 5.75 Å². The lowest BCUT2D eigenvalue weighted by Crippen LogP contribution is -1.89. The van der Waals surface area contributed by atoms with E-state index in [-0.39, 0.29) is 0 Å². The normalized spacial score (nSPS) is 11.5. The highest BCUT2D eigenvalue weighted by Gasteiger charge is 2.04. The SMILES string of the molecule is C/C=C(/C)c1cc(Cl)ccc1OC. The fourth-order valence-corrected chi connectivity index (χ4v) is 1.32. The Kier molecular flexibility index (Phi) is 3.38. The quantitative estimate of drug-likeness (QED) is 0.700. The molecule has 0 bridgehead atoms. The van der Waals surface area contributed by atoms with Gasteiger partial charge in [-0.15, -0.1) is 0 Å². The van der Waals surface area contributed by atoms with E-state index in [1.165, 1.54) is 5.57 Å². The van der Waals surface area contributed by atoms with Gasteiger partial charge in [0.25, 0.3) is 0 Å². The Morgan fingerprint density at radius 3 is 2.69 bits per heavy atom. The lowest BCUT2D eigenvalue weighted by atomic mass is 10.1. The molecule has 0 aromatic heterocycles. The first kappa shape index (κ1) is 10.1. The second-order valence-corrected chi connectivity index (χ2v) is 3.25. The van der Waals surface area contributed by atoms with Crippen LogP contribution >= 0.6 is 11.6 Å². The lowest BCUT2D eigenvalue weighted by Gasteiger charge is -2.08. The van der Waals surface area contributed by atoms with Crippen molar-refractivity contribution in [2.24, 2.45) is 0 Å². The molecule has 0 aliphatic heterocycles. The topological polar surface area (TPSA) is 9.23 Å². The molecular formula is C11H13ClO. The molecule has 1 aromatic carbocycles. The van der Waals surface area contributed by atoms with Gasteiger partial charge in [-0.2, -0.15) is 0 Å². The highest BCUT2D eigenvalue weighted by Crippen LogP contribution is 2.28. The van der Waals surface area contributed by atoms with Crippen molar-refractivity contribution < 1.29 is 4.74 Å². The minimum Gasteiger partial charge on any atom is -0.496 e. The third-order valence-electron chi connectivity index (χ3n) is 2.02. The Hall–Kier alpha value is -0.950. The van der Waals surface area contributed by atoms with E-state index in [9.17, 15) is 0 Å². The van der Waals surface area contributed by atoms with E-state index >= 15 is 0 Å². The fraction of sp³-hybridized carbons (Fsp3) is 0.273. The molecule has 0 fully saturated rings. The summed E-state index contributed by atoms with van der Waals surface area (Å²) < 4.78 is 5.22. The zero-order valence-electron chi connectivity index (χ0n) is 8.10. The van der Waals surface area contributed by atoms with E-state index in [0.29, 0.717) is 0 Å². The number of benzene rings is 1. The minimum absolute atomic E-state index is 0.733. The average Bonchev–Trinajstić information content (AvgIpc) is 2.16. The summed E-state index contributed by atoms with van der Waals surface area (Å²) in [6.07, 6.45) is 2.04. The van der Waals surface area contributed by atoms with Crippen molar-refractivity contribution in [3.63, 3.8) is 0 Å². The fourth-order valence-electron chi connectivity index (χ4n) is 1.14. The van der Waals surface area contributed by atoms with Gasteiger partial charge < -0.3 is 4.74 Å². The van der Waals surface area contributed by atoms with Gasteiger partial charge >= 0.3 is 0 Å². The molecule has 1 aromatic rings. The molecule has 0 N–H and O–H groups in total. The van der Waals surface area contributed by atoms with Crippen LogP contribution in [-0.2, 0) is 0 Å². The lowest BCUT2D eigenvalue weighted by molar-refractivity contribution is 0.413. The van der Waals surface area contributed by atoms with E-state index in [2.05, 4.69) is 0 Å². The van der Waals surface area contributed by atoms with Crippen LogP contribution in [-0.4, -0.2) is 7.11 Å². The Morgan fingerprint density at radius 1 is 1.46 bits per heavy atom. The zero-order chi connectivity index (χ0) is 9.84. The summed E-state index contributed by atoms with van der Waals surface area (Å²) in [6.45, 7) is 4.03. The molecule has 0 saturated carbocycles. The van der Waals surface area contributed by atoms with Crippen LogP contribution in [0.5, 0.6) is 5.75 Å². The standard InChI is InChI=1S/C11H13ClO/c1-4-8(2)10-7-9(12)5-6-11(10)13-3/h4-7H,1-3H3/b8-4-. The molecule has 2 heteroatoms. The Morgan fingerprint density at radius 2 is 2.15 bits per heavy atom. The van der Waals surface area contributed by atoms with Gasteiger partial charge in [-0.25, -0.2) is 0 Å². The Bertz CT molecular complexity index is 329. The maximum atomic E-state index is 5.89. The summed E-state index contributed by atoms with van der Waals surface area (Å²) in [6, 6.07) is 5.62. The molecule has 1 nitrogen and oxygen atoms in total. The summed E-state index contributed by atoms with van der Waals surface area (Å²) in [5.74, 6) is 0.861. The number of hydrogen-bond acceptors (Lipinski definition) is 1. The molecule has 13 heavy (non-hydrogen) atoms. The van der Waals surface area contributed by atoms with Gasteiger partial charge in [0.1, 0.15) is 5.75 Å². The van der Waals surface area contributed by atoms with Gasteiger partial charge in [-0.1, -0.05) is 17.7 Å². The van der Waals surface area contributed by atoms with Crippen LogP contribution in [0.1, 0.15) is 19.4 Å². The number of ether oxygens (including phenoxy) is 1. The van der Waals surface area contributed by atoms with Crippen LogP contribution in [0.15, 0.2) is 24.3 Å². The largest absolute Gasteiger partial charge is 0.496 e. The molecular weight excluding hydrogens is 184 g/mol. The second kappa shape index (κ2) is 4.33. The molecule has 0 aliphatic rings. The third-order valence-corrected chi connectivity index (χ3v) is 2.25. The van der Waals surface area contributed by atoms with Crippen LogP contribution in [0.3, 0.4) is 0 Å². The van der Waals surface area contributed by atoms with Crippen molar-refractivity contribution in [2.45, 2.75) is 13.8 Å². The summed E-state index contributed by atoms with van der Waals surface area (Å²) in [7, 11) is 1.66. The van der Waals surface area contributed by atoms with Crippen LogP contribution in [0, 0.1) is 0 Å². The van der Waals surface area contributed by atoms with E-state index in [1.807, 2.05) is 38.1 Å². The first-order valence-corrected chi connectivity index (χ1v) is 4.53. The van der Waals surface area contributed by atoms with Crippen LogP contribution in [0.25, 0.3) is 5.57 Å². The molecule has 70 valence electrons. The van der Waals surface area contributed by atoms with Crippen molar-refractivity contribution in [2.75, 3.05) is 7.11 Å². The smallest absolute Gasteiger partial charge is 0.126 e. The molecule has 0 atom stereocenters.